The van der Waals surface area contributed by atoms with Crippen molar-refractivity contribution in [2.45, 2.75) is 111 Å². The molecule has 0 aromatic rings. The summed E-state index contributed by atoms with van der Waals surface area (Å²) in [6.45, 7) is 9.17. The van der Waals surface area contributed by atoms with Crippen molar-refractivity contribution in [1.29, 1.82) is 0 Å². The van der Waals surface area contributed by atoms with Gasteiger partial charge in [0.25, 0.3) is 0 Å². The molecule has 30 heavy (non-hydrogen) atoms. The second kappa shape index (κ2) is 8.43. The first kappa shape index (κ1) is 22.1. The van der Waals surface area contributed by atoms with Crippen molar-refractivity contribution in [2.24, 2.45) is 34.5 Å². The Hall–Kier alpha value is -1.12. The van der Waals surface area contributed by atoms with Gasteiger partial charge in [-0.15, -0.1) is 0 Å². The lowest BCUT2D eigenvalue weighted by atomic mass is 9.47. The van der Waals surface area contributed by atoms with Crippen LogP contribution in [0.1, 0.15) is 105 Å². The summed E-state index contributed by atoms with van der Waals surface area (Å²) in [5.41, 5.74) is 1.78. The van der Waals surface area contributed by atoms with Gasteiger partial charge < -0.3 is 4.74 Å². The Morgan fingerprint density at radius 1 is 1.10 bits per heavy atom. The maximum Gasteiger partial charge on any atom is 0.306 e. The molecule has 0 N–H and O–H groups in total. The maximum atomic E-state index is 12.5. The van der Waals surface area contributed by atoms with E-state index in [0.717, 1.165) is 44.4 Å². The van der Waals surface area contributed by atoms with Gasteiger partial charge in [0.05, 0.1) is 0 Å². The molecule has 3 nitrogen and oxygen atoms in total. The number of carbonyl (C=O) groups excluding carboxylic acids is 2. The summed E-state index contributed by atoms with van der Waals surface area (Å²) >= 11 is 0. The number of ketones is 1. The second-order valence-corrected chi connectivity index (χ2v) is 11.4. The first-order chi connectivity index (χ1) is 14.3. The van der Waals surface area contributed by atoms with Gasteiger partial charge in [0.15, 0.2) is 5.78 Å². The maximum absolute atomic E-state index is 12.5. The molecule has 0 aromatic heterocycles. The fraction of sp³-hybridized carbons (Fsp3) is 0.852. The molecule has 0 amide bonds. The van der Waals surface area contributed by atoms with Crippen molar-refractivity contribution in [1.82, 2.24) is 0 Å². The molecule has 3 fully saturated rings. The molecular weight excluding hydrogens is 372 g/mol. The van der Waals surface area contributed by atoms with Gasteiger partial charge in [0, 0.05) is 17.8 Å². The molecule has 0 bridgehead atoms. The average Bonchev–Trinajstić information content (AvgIpc) is 3.03. The minimum Gasteiger partial charge on any atom is -0.462 e. The van der Waals surface area contributed by atoms with Crippen molar-refractivity contribution in [2.75, 3.05) is 0 Å². The molecule has 0 saturated heterocycles. The lowest BCUT2D eigenvalue weighted by molar-refractivity contribution is -0.160. The van der Waals surface area contributed by atoms with Gasteiger partial charge in [-0.1, -0.05) is 52.5 Å². The zero-order valence-corrected chi connectivity index (χ0v) is 19.7. The molecule has 3 heteroatoms. The standard InChI is InChI=1S/C27H42O3/c1-5-6-7-8-9-25(29)30-24-13-12-21-20-11-10-19-16-23(28)18(2)17-27(19,4)22(20)14-15-26(21,24)3/h16,18,20-22,24H,5-15,17H2,1-4H3/t18?,20-,21-,22-,24-,26-,27-/m0/s1. The number of carbonyl (C=O) groups is 2. The Bertz CT molecular complexity index is 709. The normalized spacial score (nSPS) is 42.7. The third kappa shape index (κ3) is 3.69. The molecule has 0 spiro atoms. The molecule has 4 aliphatic carbocycles. The predicted octanol–water partition coefficient (Wildman–Crippen LogP) is 6.65. The summed E-state index contributed by atoms with van der Waals surface area (Å²) in [6.07, 6.45) is 15.2. The van der Waals surface area contributed by atoms with Crippen molar-refractivity contribution < 1.29 is 14.3 Å². The number of fused-ring (bicyclic) bond motifs is 5. The number of ether oxygens (including phenoxy) is 1. The van der Waals surface area contributed by atoms with E-state index in [9.17, 15) is 9.59 Å². The van der Waals surface area contributed by atoms with E-state index in [1.807, 2.05) is 6.08 Å². The summed E-state index contributed by atoms with van der Waals surface area (Å²) in [5, 5.41) is 0. The lowest BCUT2D eigenvalue weighted by Gasteiger charge is -2.58. The Balaban J connectivity index is 1.44. The smallest absolute Gasteiger partial charge is 0.306 e. The number of rotatable bonds is 6. The molecule has 168 valence electrons. The van der Waals surface area contributed by atoms with Crippen LogP contribution >= 0.6 is 0 Å². The summed E-state index contributed by atoms with van der Waals surface area (Å²) in [7, 11) is 0. The Kier molecular flexibility index (Phi) is 6.21. The highest BCUT2D eigenvalue weighted by molar-refractivity contribution is 5.93. The Labute approximate surface area is 183 Å². The van der Waals surface area contributed by atoms with Crippen molar-refractivity contribution >= 4 is 11.8 Å². The molecule has 4 aliphatic rings. The van der Waals surface area contributed by atoms with E-state index in [1.165, 1.54) is 37.7 Å². The zero-order valence-electron chi connectivity index (χ0n) is 19.7. The van der Waals surface area contributed by atoms with Crippen molar-refractivity contribution in [3.63, 3.8) is 0 Å². The Morgan fingerprint density at radius 3 is 2.67 bits per heavy atom. The van der Waals surface area contributed by atoms with Gasteiger partial charge in [-0.25, -0.2) is 0 Å². The van der Waals surface area contributed by atoms with Crippen LogP contribution in [0.15, 0.2) is 11.6 Å². The van der Waals surface area contributed by atoms with Gasteiger partial charge in [-0.2, -0.15) is 0 Å². The van der Waals surface area contributed by atoms with Gasteiger partial charge in [0.1, 0.15) is 6.10 Å². The highest BCUT2D eigenvalue weighted by atomic mass is 16.5. The number of hydrogen-bond acceptors (Lipinski definition) is 3. The van der Waals surface area contributed by atoms with Crippen LogP contribution in [-0.4, -0.2) is 17.9 Å². The number of esters is 1. The van der Waals surface area contributed by atoms with Crippen LogP contribution in [0, 0.1) is 34.5 Å². The van der Waals surface area contributed by atoms with Crippen LogP contribution < -0.4 is 0 Å². The molecule has 0 aliphatic heterocycles. The average molecular weight is 415 g/mol. The van der Waals surface area contributed by atoms with E-state index in [4.69, 9.17) is 4.74 Å². The summed E-state index contributed by atoms with van der Waals surface area (Å²) in [5.74, 6) is 2.61. The van der Waals surface area contributed by atoms with E-state index in [1.54, 1.807) is 0 Å². The molecule has 0 heterocycles. The second-order valence-electron chi connectivity index (χ2n) is 11.4. The molecular formula is C27H42O3. The quantitative estimate of drug-likeness (QED) is 0.361. The zero-order chi connectivity index (χ0) is 21.5. The lowest BCUT2D eigenvalue weighted by Crippen LogP contribution is -2.52. The third-order valence-corrected chi connectivity index (χ3v) is 9.69. The topological polar surface area (TPSA) is 43.4 Å². The SMILES string of the molecule is CCCCCCC(=O)O[C@H]1CC[C@H]2[C@@H]3CCC4=CC(=O)C(C)C[C@]4(C)[C@H]3CC[C@]12C. The first-order valence-corrected chi connectivity index (χ1v) is 12.7. The van der Waals surface area contributed by atoms with Gasteiger partial charge >= 0.3 is 5.97 Å². The van der Waals surface area contributed by atoms with Crippen LogP contribution in [0.4, 0.5) is 0 Å². The van der Waals surface area contributed by atoms with Crippen molar-refractivity contribution in [3.05, 3.63) is 11.6 Å². The van der Waals surface area contributed by atoms with Crippen LogP contribution in [0.25, 0.3) is 0 Å². The minimum atomic E-state index is 0.0283. The first-order valence-electron chi connectivity index (χ1n) is 12.7. The van der Waals surface area contributed by atoms with Gasteiger partial charge in [0.2, 0.25) is 0 Å². The predicted molar refractivity (Wildman–Crippen MR) is 120 cm³/mol. The Morgan fingerprint density at radius 2 is 1.90 bits per heavy atom. The van der Waals surface area contributed by atoms with Crippen LogP contribution in [0.5, 0.6) is 0 Å². The van der Waals surface area contributed by atoms with E-state index >= 15 is 0 Å². The van der Waals surface area contributed by atoms with E-state index < -0.39 is 0 Å². The minimum absolute atomic E-state index is 0.0283. The summed E-state index contributed by atoms with van der Waals surface area (Å²) in [4.78, 5) is 24.8. The van der Waals surface area contributed by atoms with Crippen LogP contribution in [0.2, 0.25) is 0 Å². The fourth-order valence-corrected chi connectivity index (χ4v) is 7.96. The molecule has 0 aromatic carbocycles. The third-order valence-electron chi connectivity index (χ3n) is 9.69. The molecule has 3 saturated carbocycles. The monoisotopic (exact) mass is 414 g/mol. The largest absolute Gasteiger partial charge is 0.462 e. The van der Waals surface area contributed by atoms with Gasteiger partial charge in [-0.05, 0) is 80.6 Å². The summed E-state index contributed by atoms with van der Waals surface area (Å²) in [6, 6.07) is 0. The van der Waals surface area contributed by atoms with Crippen LogP contribution in [-0.2, 0) is 14.3 Å². The number of unbranched alkanes of at least 4 members (excludes halogenated alkanes) is 3. The van der Waals surface area contributed by atoms with E-state index in [2.05, 4.69) is 27.7 Å². The molecule has 1 unspecified atom stereocenters. The molecule has 4 rings (SSSR count). The van der Waals surface area contributed by atoms with Crippen LogP contribution in [0.3, 0.4) is 0 Å². The molecule has 0 radical (unpaired) electrons. The van der Waals surface area contributed by atoms with E-state index in [0.29, 0.717) is 24.0 Å². The highest BCUT2D eigenvalue weighted by Crippen LogP contribution is 2.65. The number of hydrogen-bond donors (Lipinski definition) is 0. The fourth-order valence-electron chi connectivity index (χ4n) is 7.96. The molecule has 7 atom stereocenters. The van der Waals surface area contributed by atoms with Crippen molar-refractivity contribution in [3.8, 4) is 0 Å². The van der Waals surface area contributed by atoms with E-state index in [-0.39, 0.29) is 28.8 Å². The van der Waals surface area contributed by atoms with Gasteiger partial charge in [-0.3, -0.25) is 9.59 Å². The summed E-state index contributed by atoms with van der Waals surface area (Å²) < 4.78 is 6.11. The highest BCUT2D eigenvalue weighted by Gasteiger charge is 2.60. The number of allylic oxidation sites excluding steroid dienone is 1.